The summed E-state index contributed by atoms with van der Waals surface area (Å²) in [5.41, 5.74) is 9.09. The number of anilines is 1. The maximum absolute atomic E-state index is 6.04. The summed E-state index contributed by atoms with van der Waals surface area (Å²) < 4.78 is 2.15. The number of thiophene rings is 1. The quantitative estimate of drug-likeness (QED) is 0.672. The molecule has 0 saturated heterocycles. The van der Waals surface area contributed by atoms with Crippen molar-refractivity contribution in [2.24, 2.45) is 0 Å². The molecule has 1 saturated carbocycles. The first-order chi connectivity index (χ1) is 9.72. The van der Waals surface area contributed by atoms with Gasteiger partial charge in [0.1, 0.15) is 5.82 Å². The number of pyridine rings is 1. The van der Waals surface area contributed by atoms with Gasteiger partial charge in [-0.3, -0.25) is 4.98 Å². The number of nitrogens with zero attached hydrogens (tertiary/aromatic N) is 3. The molecule has 100 valence electrons. The number of halogens is 1. The molecule has 1 aliphatic rings. The van der Waals surface area contributed by atoms with E-state index in [9.17, 15) is 0 Å². The van der Waals surface area contributed by atoms with Crippen molar-refractivity contribution >= 4 is 50.0 Å². The van der Waals surface area contributed by atoms with E-state index in [2.05, 4.69) is 38.6 Å². The molecule has 0 radical (unpaired) electrons. The lowest BCUT2D eigenvalue weighted by Gasteiger charge is -2.08. The second-order valence-electron chi connectivity index (χ2n) is 4.93. The van der Waals surface area contributed by atoms with Crippen LogP contribution < -0.4 is 5.73 Å². The first-order valence-corrected chi connectivity index (χ1v) is 8.35. The molecule has 4 rings (SSSR count). The average Bonchev–Trinajstić information content (AvgIpc) is 3.18. The summed E-state index contributed by atoms with van der Waals surface area (Å²) in [4.78, 5) is 13.6. The lowest BCUT2D eigenvalue weighted by Crippen LogP contribution is -2.04. The normalized spacial score (nSPS) is 14.8. The molecule has 0 atom stereocenters. The molecule has 2 N–H and O–H groups in total. The number of hydrogen-bond donors (Lipinski definition) is 1. The molecule has 3 aromatic rings. The summed E-state index contributed by atoms with van der Waals surface area (Å²) in [5.74, 6) is 1.82. The predicted molar refractivity (Wildman–Crippen MR) is 89.8 cm³/mol. The molecule has 3 heterocycles. The van der Waals surface area contributed by atoms with Crippen LogP contribution >= 0.6 is 33.9 Å². The van der Waals surface area contributed by atoms with Crippen molar-refractivity contribution in [1.29, 1.82) is 0 Å². The molecule has 0 spiro atoms. The van der Waals surface area contributed by atoms with E-state index < -0.39 is 0 Å². The molecule has 0 aromatic carbocycles. The third-order valence-corrected chi connectivity index (χ3v) is 5.39. The minimum atomic E-state index is 0.560. The summed E-state index contributed by atoms with van der Waals surface area (Å²) in [5, 5.41) is 2.04. The summed E-state index contributed by atoms with van der Waals surface area (Å²) in [7, 11) is 0. The van der Waals surface area contributed by atoms with Crippen LogP contribution in [0, 0.1) is 3.57 Å². The van der Waals surface area contributed by atoms with Crippen LogP contribution in [-0.4, -0.2) is 15.0 Å². The number of rotatable bonds is 2. The van der Waals surface area contributed by atoms with Crippen molar-refractivity contribution in [3.63, 3.8) is 0 Å². The highest BCUT2D eigenvalue weighted by Crippen LogP contribution is 2.42. The highest BCUT2D eigenvalue weighted by atomic mass is 127. The van der Waals surface area contributed by atoms with E-state index in [1.807, 2.05) is 17.6 Å². The first-order valence-electron chi connectivity index (χ1n) is 6.39. The average molecular weight is 394 g/mol. The van der Waals surface area contributed by atoms with Crippen LogP contribution in [0.25, 0.3) is 21.6 Å². The van der Waals surface area contributed by atoms with E-state index in [-0.39, 0.29) is 0 Å². The highest BCUT2D eigenvalue weighted by molar-refractivity contribution is 14.1. The fourth-order valence-electron chi connectivity index (χ4n) is 2.21. The molecule has 0 aliphatic heterocycles. The third-order valence-electron chi connectivity index (χ3n) is 3.43. The Morgan fingerprint density at radius 1 is 1.30 bits per heavy atom. The van der Waals surface area contributed by atoms with E-state index in [4.69, 9.17) is 10.7 Å². The molecular weight excluding hydrogens is 383 g/mol. The monoisotopic (exact) mass is 394 g/mol. The van der Waals surface area contributed by atoms with Gasteiger partial charge in [0.2, 0.25) is 0 Å². The van der Waals surface area contributed by atoms with Gasteiger partial charge in [-0.25, -0.2) is 9.97 Å². The Morgan fingerprint density at radius 2 is 2.15 bits per heavy atom. The summed E-state index contributed by atoms with van der Waals surface area (Å²) in [6, 6.07) is 4.11. The van der Waals surface area contributed by atoms with Crippen LogP contribution in [0.2, 0.25) is 0 Å². The van der Waals surface area contributed by atoms with E-state index >= 15 is 0 Å². The SMILES string of the molecule is Nc1nc(-c2cnc3ccsc3c2)nc(C2CC2)c1I. The standard InChI is InChI=1S/C14H11IN4S/c15-11-12(7-1-2-7)18-14(19-13(11)16)8-5-10-9(17-6-8)3-4-20-10/h3-7H,1-2H2,(H2,16,18,19). The topological polar surface area (TPSA) is 64.7 Å². The van der Waals surface area contributed by atoms with E-state index in [1.54, 1.807) is 11.3 Å². The molecule has 4 nitrogen and oxygen atoms in total. The smallest absolute Gasteiger partial charge is 0.163 e. The highest BCUT2D eigenvalue weighted by Gasteiger charge is 2.29. The number of fused-ring (bicyclic) bond motifs is 1. The van der Waals surface area contributed by atoms with Gasteiger partial charge in [0, 0.05) is 17.7 Å². The van der Waals surface area contributed by atoms with Crippen LogP contribution in [-0.2, 0) is 0 Å². The van der Waals surface area contributed by atoms with Gasteiger partial charge in [0.05, 0.1) is 19.5 Å². The van der Waals surface area contributed by atoms with Crippen molar-refractivity contribution in [2.75, 3.05) is 5.73 Å². The number of hydrogen-bond acceptors (Lipinski definition) is 5. The fraction of sp³-hybridized carbons (Fsp3) is 0.214. The summed E-state index contributed by atoms with van der Waals surface area (Å²) in [6.07, 6.45) is 4.23. The molecule has 20 heavy (non-hydrogen) atoms. The number of aromatic nitrogens is 3. The Bertz CT molecular complexity index is 810. The van der Waals surface area contributed by atoms with Crippen molar-refractivity contribution in [3.8, 4) is 11.4 Å². The maximum Gasteiger partial charge on any atom is 0.163 e. The number of nitrogen functional groups attached to an aromatic ring is 1. The van der Waals surface area contributed by atoms with Gasteiger partial charge < -0.3 is 5.73 Å². The lowest BCUT2D eigenvalue weighted by atomic mass is 10.2. The first kappa shape index (κ1) is 12.5. The molecular formula is C14H11IN4S. The van der Waals surface area contributed by atoms with Crippen molar-refractivity contribution in [1.82, 2.24) is 15.0 Å². The van der Waals surface area contributed by atoms with Crippen molar-refractivity contribution in [3.05, 3.63) is 33.0 Å². The van der Waals surface area contributed by atoms with E-state index in [0.717, 1.165) is 25.0 Å². The number of nitrogens with two attached hydrogens (primary N) is 1. The largest absolute Gasteiger partial charge is 0.383 e. The Hall–Kier alpha value is -1.28. The minimum Gasteiger partial charge on any atom is -0.383 e. The zero-order chi connectivity index (χ0) is 13.7. The predicted octanol–water partition coefficient (Wildman–Crippen LogP) is 3.82. The second kappa shape index (κ2) is 4.63. The van der Waals surface area contributed by atoms with Gasteiger partial charge in [-0.15, -0.1) is 11.3 Å². The maximum atomic E-state index is 6.04. The van der Waals surface area contributed by atoms with Gasteiger partial charge in [-0.1, -0.05) is 0 Å². The Labute approximate surface area is 133 Å². The minimum absolute atomic E-state index is 0.560. The zero-order valence-electron chi connectivity index (χ0n) is 10.5. The summed E-state index contributed by atoms with van der Waals surface area (Å²) in [6.45, 7) is 0. The van der Waals surface area contributed by atoms with Crippen LogP contribution in [0.4, 0.5) is 5.82 Å². The Morgan fingerprint density at radius 3 is 2.95 bits per heavy atom. The molecule has 0 unspecified atom stereocenters. The molecule has 6 heteroatoms. The van der Waals surface area contributed by atoms with Crippen molar-refractivity contribution < 1.29 is 0 Å². The molecule has 3 aromatic heterocycles. The van der Waals surface area contributed by atoms with Crippen LogP contribution in [0.15, 0.2) is 23.7 Å². The van der Waals surface area contributed by atoms with Gasteiger partial charge in [-0.05, 0) is 52.9 Å². The Balaban J connectivity index is 1.88. The van der Waals surface area contributed by atoms with Gasteiger partial charge >= 0.3 is 0 Å². The lowest BCUT2D eigenvalue weighted by molar-refractivity contribution is 0.982. The van der Waals surface area contributed by atoms with Crippen molar-refractivity contribution in [2.45, 2.75) is 18.8 Å². The molecule has 1 aliphatic carbocycles. The second-order valence-corrected chi connectivity index (χ2v) is 6.96. The van der Waals surface area contributed by atoms with Crippen LogP contribution in [0.1, 0.15) is 24.5 Å². The fourth-order valence-corrected chi connectivity index (χ4v) is 3.67. The zero-order valence-corrected chi connectivity index (χ0v) is 13.5. The van der Waals surface area contributed by atoms with Gasteiger partial charge in [-0.2, -0.15) is 0 Å². The Kier molecular flexibility index (Phi) is 2.88. The summed E-state index contributed by atoms with van der Waals surface area (Å²) >= 11 is 3.92. The molecule has 0 bridgehead atoms. The van der Waals surface area contributed by atoms with Crippen LogP contribution in [0.5, 0.6) is 0 Å². The van der Waals surface area contributed by atoms with E-state index in [1.165, 1.54) is 12.8 Å². The molecule has 0 amide bonds. The van der Waals surface area contributed by atoms with Gasteiger partial charge in [0.15, 0.2) is 5.82 Å². The van der Waals surface area contributed by atoms with Gasteiger partial charge in [0.25, 0.3) is 0 Å². The van der Waals surface area contributed by atoms with E-state index in [0.29, 0.717) is 17.6 Å². The van der Waals surface area contributed by atoms with Crippen LogP contribution in [0.3, 0.4) is 0 Å². The third kappa shape index (κ3) is 2.07. The molecule has 1 fully saturated rings.